The largest absolute Gasteiger partial charge is 0.466 e. The van der Waals surface area contributed by atoms with Crippen LogP contribution in [0.15, 0.2) is 12.2 Å². The average molecular weight is 397 g/mol. The third-order valence-electron chi connectivity index (χ3n) is 4.78. The van der Waals surface area contributed by atoms with Gasteiger partial charge in [0.1, 0.15) is 0 Å². The third-order valence-corrected chi connectivity index (χ3v) is 4.78. The van der Waals surface area contributed by atoms with Crippen molar-refractivity contribution in [1.29, 1.82) is 0 Å². The molecule has 0 aliphatic rings. The maximum absolute atomic E-state index is 11.2. The number of ether oxygens (including phenoxy) is 2. The van der Waals surface area contributed by atoms with Gasteiger partial charge < -0.3 is 9.47 Å². The van der Waals surface area contributed by atoms with E-state index in [0.717, 1.165) is 25.7 Å². The van der Waals surface area contributed by atoms with Gasteiger partial charge in [0.15, 0.2) is 0 Å². The molecule has 0 spiro atoms. The van der Waals surface area contributed by atoms with Crippen LogP contribution in [0.2, 0.25) is 0 Å². The molecule has 0 heterocycles. The lowest BCUT2D eigenvalue weighted by Gasteiger charge is -2.02. The van der Waals surface area contributed by atoms with Crippen LogP contribution in [-0.2, 0) is 19.1 Å². The Labute approximate surface area is 173 Å². The molecule has 0 bridgehead atoms. The molecular weight excluding hydrogens is 352 g/mol. The van der Waals surface area contributed by atoms with Crippen molar-refractivity contribution >= 4 is 11.9 Å². The average Bonchev–Trinajstić information content (AvgIpc) is 2.67. The van der Waals surface area contributed by atoms with Crippen LogP contribution in [0.5, 0.6) is 0 Å². The number of allylic oxidation sites excluding steroid dienone is 2. The zero-order valence-electron chi connectivity index (χ0n) is 18.5. The zero-order valence-corrected chi connectivity index (χ0v) is 18.5. The lowest BCUT2D eigenvalue weighted by atomic mass is 10.1. The van der Waals surface area contributed by atoms with E-state index in [1.54, 1.807) is 0 Å². The number of esters is 2. The van der Waals surface area contributed by atoms with Crippen molar-refractivity contribution in [3.63, 3.8) is 0 Å². The highest BCUT2D eigenvalue weighted by Gasteiger charge is 2.01. The molecule has 0 aliphatic heterocycles. The highest BCUT2D eigenvalue weighted by molar-refractivity contribution is 5.69. The monoisotopic (exact) mass is 396 g/mol. The molecule has 0 aromatic heterocycles. The van der Waals surface area contributed by atoms with E-state index in [-0.39, 0.29) is 11.9 Å². The summed E-state index contributed by atoms with van der Waals surface area (Å²) in [6.07, 6.45) is 22.5. The molecule has 0 atom stereocenters. The van der Waals surface area contributed by atoms with Gasteiger partial charge in [-0.2, -0.15) is 0 Å². The summed E-state index contributed by atoms with van der Waals surface area (Å²) in [7, 11) is 0. The lowest BCUT2D eigenvalue weighted by Crippen LogP contribution is -2.03. The van der Waals surface area contributed by atoms with Crippen molar-refractivity contribution in [3.05, 3.63) is 12.2 Å². The number of unbranched alkanes of at least 4 members (excludes halogenated alkanes) is 12. The van der Waals surface area contributed by atoms with Gasteiger partial charge in [-0.3, -0.25) is 9.59 Å². The molecule has 164 valence electrons. The Hall–Kier alpha value is -1.32. The van der Waals surface area contributed by atoms with Crippen LogP contribution in [0.3, 0.4) is 0 Å². The van der Waals surface area contributed by atoms with Gasteiger partial charge in [0.2, 0.25) is 0 Å². The summed E-state index contributed by atoms with van der Waals surface area (Å²) in [4.78, 5) is 22.4. The molecule has 0 amide bonds. The molecule has 0 rings (SSSR count). The molecule has 0 unspecified atom stereocenters. The minimum absolute atomic E-state index is 0.0525. The Morgan fingerprint density at radius 2 is 0.857 bits per heavy atom. The maximum Gasteiger partial charge on any atom is 0.305 e. The lowest BCUT2D eigenvalue weighted by molar-refractivity contribution is -0.144. The SMILES string of the molecule is CCOC(=O)CCCCCCC/C=C/CCCCCCCCCC(=O)OCC. The van der Waals surface area contributed by atoms with Crippen molar-refractivity contribution in [2.24, 2.45) is 0 Å². The number of carbonyl (C=O) groups is 2. The van der Waals surface area contributed by atoms with Crippen LogP contribution in [0.4, 0.5) is 0 Å². The first-order chi connectivity index (χ1) is 13.7. The van der Waals surface area contributed by atoms with Gasteiger partial charge in [-0.1, -0.05) is 63.5 Å². The van der Waals surface area contributed by atoms with E-state index in [9.17, 15) is 9.59 Å². The maximum atomic E-state index is 11.2. The fourth-order valence-corrected chi connectivity index (χ4v) is 3.18. The minimum atomic E-state index is -0.0561. The Morgan fingerprint density at radius 3 is 1.21 bits per heavy atom. The molecule has 0 aliphatic carbocycles. The van der Waals surface area contributed by atoms with Crippen molar-refractivity contribution in [2.75, 3.05) is 13.2 Å². The van der Waals surface area contributed by atoms with E-state index >= 15 is 0 Å². The molecule has 0 aromatic rings. The smallest absolute Gasteiger partial charge is 0.305 e. The molecule has 4 nitrogen and oxygen atoms in total. The summed E-state index contributed by atoms with van der Waals surface area (Å²) in [5, 5.41) is 0. The molecule has 0 radical (unpaired) electrons. The number of rotatable bonds is 20. The van der Waals surface area contributed by atoms with E-state index in [0.29, 0.717) is 26.1 Å². The second kappa shape index (κ2) is 22.0. The Bertz CT molecular complexity index is 390. The minimum Gasteiger partial charge on any atom is -0.466 e. The predicted molar refractivity (Wildman–Crippen MR) is 116 cm³/mol. The van der Waals surface area contributed by atoms with Gasteiger partial charge in [0.25, 0.3) is 0 Å². The van der Waals surface area contributed by atoms with Crippen molar-refractivity contribution in [1.82, 2.24) is 0 Å². The first kappa shape index (κ1) is 26.7. The molecular formula is C24H44O4. The fraction of sp³-hybridized carbons (Fsp3) is 0.833. The van der Waals surface area contributed by atoms with Crippen molar-refractivity contribution in [2.45, 2.75) is 117 Å². The molecule has 0 fully saturated rings. The third kappa shape index (κ3) is 21.0. The second-order valence-corrected chi connectivity index (χ2v) is 7.40. The molecule has 0 saturated carbocycles. The number of hydrogen-bond donors (Lipinski definition) is 0. The number of hydrogen-bond acceptors (Lipinski definition) is 4. The second-order valence-electron chi connectivity index (χ2n) is 7.40. The summed E-state index contributed by atoms with van der Waals surface area (Å²) in [5.41, 5.74) is 0. The highest BCUT2D eigenvalue weighted by atomic mass is 16.5. The normalized spacial score (nSPS) is 11.1. The summed E-state index contributed by atoms with van der Waals surface area (Å²) in [6, 6.07) is 0. The predicted octanol–water partition coefficient (Wildman–Crippen LogP) is 6.91. The highest BCUT2D eigenvalue weighted by Crippen LogP contribution is 2.11. The summed E-state index contributed by atoms with van der Waals surface area (Å²) < 4.78 is 9.85. The first-order valence-electron chi connectivity index (χ1n) is 11.7. The van der Waals surface area contributed by atoms with E-state index < -0.39 is 0 Å². The van der Waals surface area contributed by atoms with Gasteiger partial charge in [-0.15, -0.1) is 0 Å². The molecule has 0 aromatic carbocycles. The van der Waals surface area contributed by atoms with Gasteiger partial charge >= 0.3 is 11.9 Å². The van der Waals surface area contributed by atoms with Crippen molar-refractivity contribution in [3.8, 4) is 0 Å². The van der Waals surface area contributed by atoms with E-state index in [1.165, 1.54) is 64.2 Å². The van der Waals surface area contributed by atoms with E-state index in [2.05, 4.69) is 12.2 Å². The quantitative estimate of drug-likeness (QED) is 0.127. The Kier molecular flexibility index (Phi) is 20.9. The van der Waals surface area contributed by atoms with Gasteiger partial charge in [-0.25, -0.2) is 0 Å². The van der Waals surface area contributed by atoms with E-state index in [1.807, 2.05) is 13.8 Å². The van der Waals surface area contributed by atoms with Gasteiger partial charge in [0, 0.05) is 12.8 Å². The standard InChI is InChI=1S/C24H44O4/c1-3-27-23(25)21-19-17-15-13-11-9-7-5-6-8-10-12-14-16-18-20-22-24(26)28-4-2/h5,7H,3-4,6,8-22H2,1-2H3/b7-5+. The molecule has 4 heteroatoms. The topological polar surface area (TPSA) is 52.6 Å². The zero-order chi connectivity index (χ0) is 20.7. The van der Waals surface area contributed by atoms with E-state index in [4.69, 9.17) is 9.47 Å². The van der Waals surface area contributed by atoms with Crippen LogP contribution in [0.1, 0.15) is 117 Å². The van der Waals surface area contributed by atoms with Crippen molar-refractivity contribution < 1.29 is 19.1 Å². The van der Waals surface area contributed by atoms with Crippen LogP contribution >= 0.6 is 0 Å². The van der Waals surface area contributed by atoms with Crippen LogP contribution in [-0.4, -0.2) is 25.2 Å². The number of carbonyl (C=O) groups excluding carboxylic acids is 2. The summed E-state index contributed by atoms with van der Waals surface area (Å²) >= 11 is 0. The van der Waals surface area contributed by atoms with Crippen LogP contribution < -0.4 is 0 Å². The van der Waals surface area contributed by atoms with Crippen LogP contribution in [0.25, 0.3) is 0 Å². The molecule has 0 N–H and O–H groups in total. The molecule has 28 heavy (non-hydrogen) atoms. The van der Waals surface area contributed by atoms with Gasteiger partial charge in [0.05, 0.1) is 13.2 Å². The summed E-state index contributed by atoms with van der Waals surface area (Å²) in [6.45, 7) is 4.69. The Balaban J connectivity index is 3.18. The first-order valence-corrected chi connectivity index (χ1v) is 11.7. The fourth-order valence-electron chi connectivity index (χ4n) is 3.18. The Morgan fingerprint density at radius 1 is 0.536 bits per heavy atom. The molecule has 0 saturated heterocycles. The van der Waals surface area contributed by atoms with Gasteiger partial charge in [-0.05, 0) is 52.4 Å². The van der Waals surface area contributed by atoms with Crippen LogP contribution in [0, 0.1) is 0 Å². The summed E-state index contributed by atoms with van der Waals surface area (Å²) in [5.74, 6) is -0.109.